The first kappa shape index (κ1) is 18.6. The number of rotatable bonds is 2. The maximum Gasteiger partial charge on any atom is 0.205 e. The SMILES string of the molecule is COc1cc2c(cc1C1C(C#N)=C(N)OC3=C1C(=O)CC(C)(C)C3)CCCC2. The van der Waals surface area contributed by atoms with Crippen molar-refractivity contribution in [3.63, 3.8) is 0 Å². The number of carbonyl (C=O) groups excluding carboxylic acids is 1. The van der Waals surface area contributed by atoms with Crippen molar-refractivity contribution >= 4 is 5.78 Å². The Bertz CT molecular complexity index is 963. The molecule has 0 bridgehead atoms. The minimum Gasteiger partial charge on any atom is -0.496 e. The van der Waals surface area contributed by atoms with Crippen LogP contribution in [0.1, 0.15) is 62.1 Å². The number of nitrogens with zero attached hydrogens (tertiary/aromatic N) is 1. The monoisotopic (exact) mass is 378 g/mol. The number of methoxy groups -OCH3 is 1. The van der Waals surface area contributed by atoms with E-state index in [2.05, 4.69) is 18.2 Å². The van der Waals surface area contributed by atoms with Gasteiger partial charge < -0.3 is 15.2 Å². The summed E-state index contributed by atoms with van der Waals surface area (Å²) >= 11 is 0. The summed E-state index contributed by atoms with van der Waals surface area (Å²) in [5.74, 6) is 0.896. The molecule has 0 saturated carbocycles. The third-order valence-corrected chi connectivity index (χ3v) is 6.08. The van der Waals surface area contributed by atoms with Gasteiger partial charge in [0.05, 0.1) is 13.0 Å². The summed E-state index contributed by atoms with van der Waals surface area (Å²) in [6.45, 7) is 4.10. The molecule has 0 amide bonds. The number of aryl methyl sites for hydroxylation is 2. The van der Waals surface area contributed by atoms with E-state index in [0.717, 1.165) is 24.8 Å². The normalized spacial score (nSPS) is 23.5. The summed E-state index contributed by atoms with van der Waals surface area (Å²) in [5.41, 5.74) is 10.2. The summed E-state index contributed by atoms with van der Waals surface area (Å²) in [6.07, 6.45) is 5.41. The predicted octanol–water partition coefficient (Wildman–Crippen LogP) is 4.02. The molecular formula is C23H26N2O3. The lowest BCUT2D eigenvalue weighted by atomic mass is 9.69. The average Bonchev–Trinajstić information content (AvgIpc) is 2.64. The molecule has 1 atom stereocenters. The molecule has 2 aliphatic carbocycles. The van der Waals surface area contributed by atoms with Crippen LogP contribution in [0.5, 0.6) is 5.75 Å². The maximum atomic E-state index is 13.1. The summed E-state index contributed by atoms with van der Waals surface area (Å²) in [7, 11) is 1.63. The van der Waals surface area contributed by atoms with E-state index in [1.54, 1.807) is 7.11 Å². The van der Waals surface area contributed by atoms with Gasteiger partial charge in [0.1, 0.15) is 23.2 Å². The molecule has 5 heteroatoms. The second-order valence-electron chi connectivity index (χ2n) is 8.77. The molecule has 1 unspecified atom stereocenters. The van der Waals surface area contributed by atoms with Crippen molar-refractivity contribution in [1.29, 1.82) is 5.26 Å². The van der Waals surface area contributed by atoms with Crippen molar-refractivity contribution < 1.29 is 14.3 Å². The van der Waals surface area contributed by atoms with Crippen LogP contribution in [-0.4, -0.2) is 12.9 Å². The second-order valence-corrected chi connectivity index (χ2v) is 8.77. The van der Waals surface area contributed by atoms with Gasteiger partial charge in [-0.25, -0.2) is 0 Å². The Morgan fingerprint density at radius 3 is 2.54 bits per heavy atom. The minimum atomic E-state index is -0.528. The Morgan fingerprint density at radius 2 is 1.89 bits per heavy atom. The quantitative estimate of drug-likeness (QED) is 0.840. The molecule has 5 nitrogen and oxygen atoms in total. The Hall–Kier alpha value is -2.74. The first-order chi connectivity index (χ1) is 13.3. The largest absolute Gasteiger partial charge is 0.496 e. The number of ether oxygens (including phenoxy) is 2. The highest BCUT2D eigenvalue weighted by Crippen LogP contribution is 2.50. The third-order valence-electron chi connectivity index (χ3n) is 6.08. The lowest BCUT2D eigenvalue weighted by Gasteiger charge is -2.37. The van der Waals surface area contributed by atoms with Gasteiger partial charge in [-0.15, -0.1) is 0 Å². The highest BCUT2D eigenvalue weighted by atomic mass is 16.5. The summed E-state index contributed by atoms with van der Waals surface area (Å²) in [6, 6.07) is 6.38. The van der Waals surface area contributed by atoms with Crippen molar-refractivity contribution in [1.82, 2.24) is 0 Å². The van der Waals surface area contributed by atoms with Crippen molar-refractivity contribution in [3.8, 4) is 11.8 Å². The zero-order chi connectivity index (χ0) is 20.1. The van der Waals surface area contributed by atoms with Crippen LogP contribution in [0.4, 0.5) is 0 Å². The van der Waals surface area contributed by atoms with Crippen molar-refractivity contribution in [2.24, 2.45) is 11.1 Å². The number of allylic oxidation sites excluding steroid dienone is 3. The molecule has 0 saturated heterocycles. The lowest BCUT2D eigenvalue weighted by molar-refractivity contribution is -0.119. The zero-order valence-corrected chi connectivity index (χ0v) is 16.7. The fourth-order valence-electron chi connectivity index (χ4n) is 4.78. The predicted molar refractivity (Wildman–Crippen MR) is 105 cm³/mol. The van der Waals surface area contributed by atoms with E-state index < -0.39 is 5.92 Å². The second kappa shape index (κ2) is 6.70. The molecule has 1 heterocycles. The number of ketones is 1. The topological polar surface area (TPSA) is 85.3 Å². The molecule has 2 N–H and O–H groups in total. The molecule has 0 radical (unpaired) electrons. The first-order valence-corrected chi connectivity index (χ1v) is 9.88. The molecule has 3 aliphatic rings. The van der Waals surface area contributed by atoms with Gasteiger partial charge in [-0.05, 0) is 48.3 Å². The fraction of sp³-hybridized carbons (Fsp3) is 0.478. The van der Waals surface area contributed by atoms with E-state index in [-0.39, 0.29) is 17.1 Å². The van der Waals surface area contributed by atoms with Gasteiger partial charge in [0.25, 0.3) is 0 Å². The molecule has 0 aromatic heterocycles. The van der Waals surface area contributed by atoms with Crippen LogP contribution in [-0.2, 0) is 22.4 Å². The number of hydrogen-bond acceptors (Lipinski definition) is 5. The minimum absolute atomic E-state index is 0.0243. The van der Waals surface area contributed by atoms with Gasteiger partial charge in [0.2, 0.25) is 5.88 Å². The maximum absolute atomic E-state index is 13.1. The molecule has 1 aromatic carbocycles. The molecule has 4 rings (SSSR count). The van der Waals surface area contributed by atoms with Crippen LogP contribution in [0.3, 0.4) is 0 Å². The molecule has 1 aromatic rings. The van der Waals surface area contributed by atoms with Gasteiger partial charge in [-0.1, -0.05) is 19.9 Å². The molecule has 28 heavy (non-hydrogen) atoms. The third kappa shape index (κ3) is 2.97. The lowest BCUT2D eigenvalue weighted by Crippen LogP contribution is -2.33. The van der Waals surface area contributed by atoms with Crippen LogP contribution >= 0.6 is 0 Å². The molecule has 0 spiro atoms. The Labute approximate surface area is 165 Å². The molecule has 146 valence electrons. The molecular weight excluding hydrogens is 352 g/mol. The average molecular weight is 378 g/mol. The van der Waals surface area contributed by atoms with Gasteiger partial charge in [-0.3, -0.25) is 4.79 Å². The zero-order valence-electron chi connectivity index (χ0n) is 16.7. The molecule has 1 aliphatic heterocycles. The van der Waals surface area contributed by atoms with Crippen LogP contribution in [0, 0.1) is 16.7 Å². The van der Waals surface area contributed by atoms with E-state index in [4.69, 9.17) is 15.2 Å². The standard InChI is InChI=1S/C23H26N2O3/c1-23(2)10-17(26)21-19(11-23)28-22(25)16(12-24)20(21)15-8-13-6-4-5-7-14(13)9-18(15)27-3/h8-9,20H,4-7,10-11,25H2,1-3H3. The van der Waals surface area contributed by atoms with Gasteiger partial charge in [0.15, 0.2) is 5.78 Å². The van der Waals surface area contributed by atoms with Gasteiger partial charge >= 0.3 is 0 Å². The highest BCUT2D eigenvalue weighted by Gasteiger charge is 2.44. The van der Waals surface area contributed by atoms with Crippen molar-refractivity contribution in [2.45, 2.75) is 58.3 Å². The number of fused-ring (bicyclic) bond motifs is 1. The smallest absolute Gasteiger partial charge is 0.205 e. The Balaban J connectivity index is 1.93. The van der Waals surface area contributed by atoms with E-state index in [0.29, 0.717) is 35.5 Å². The number of hydrogen-bond donors (Lipinski definition) is 1. The molecule has 0 fully saturated rings. The summed E-state index contributed by atoms with van der Waals surface area (Å²) < 4.78 is 11.5. The summed E-state index contributed by atoms with van der Waals surface area (Å²) in [5, 5.41) is 9.83. The van der Waals surface area contributed by atoms with Crippen LogP contribution in [0.15, 0.2) is 34.9 Å². The Kier molecular flexibility index (Phi) is 4.45. The van der Waals surface area contributed by atoms with Gasteiger partial charge in [-0.2, -0.15) is 5.26 Å². The first-order valence-electron chi connectivity index (χ1n) is 9.88. The fourth-order valence-corrected chi connectivity index (χ4v) is 4.78. The number of nitriles is 1. The highest BCUT2D eigenvalue weighted by molar-refractivity contribution is 6.00. The van der Waals surface area contributed by atoms with E-state index in [1.807, 2.05) is 13.8 Å². The van der Waals surface area contributed by atoms with E-state index in [9.17, 15) is 10.1 Å². The van der Waals surface area contributed by atoms with Crippen LogP contribution in [0.25, 0.3) is 0 Å². The van der Waals surface area contributed by atoms with Crippen LogP contribution in [0.2, 0.25) is 0 Å². The van der Waals surface area contributed by atoms with Crippen molar-refractivity contribution in [3.05, 3.63) is 51.6 Å². The van der Waals surface area contributed by atoms with Crippen molar-refractivity contribution in [2.75, 3.05) is 7.11 Å². The number of Topliss-reactive ketones (excluding diaryl/α,β-unsaturated/α-hetero) is 1. The van der Waals surface area contributed by atoms with Crippen LogP contribution < -0.4 is 10.5 Å². The number of benzene rings is 1. The van der Waals surface area contributed by atoms with E-state index in [1.165, 1.54) is 17.5 Å². The van der Waals surface area contributed by atoms with E-state index >= 15 is 0 Å². The number of carbonyl (C=O) groups is 1. The Morgan fingerprint density at radius 1 is 1.21 bits per heavy atom. The van der Waals surface area contributed by atoms with Gasteiger partial charge in [0, 0.05) is 24.0 Å². The summed E-state index contributed by atoms with van der Waals surface area (Å²) in [4.78, 5) is 13.1. The number of nitrogens with two attached hydrogens (primary N) is 1.